The molecule has 0 radical (unpaired) electrons. The quantitative estimate of drug-likeness (QED) is 0.487. The number of carbonyl (C=O) groups is 1. The zero-order valence-corrected chi connectivity index (χ0v) is 19.4. The van der Waals surface area contributed by atoms with Gasteiger partial charge < -0.3 is 10.6 Å². The molecule has 0 unspecified atom stereocenters. The molecular formula is C20H36Cl2N4OS. The van der Waals surface area contributed by atoms with E-state index in [1.54, 1.807) is 11.3 Å². The van der Waals surface area contributed by atoms with Crippen LogP contribution in [-0.2, 0) is 11.3 Å². The van der Waals surface area contributed by atoms with Crippen LogP contribution < -0.4 is 10.6 Å². The SMILES string of the molecule is Cc1nc(CN2CCC(C(=O)NCCNC3CCCCCC3)CC2)cs1.Cl.Cl. The summed E-state index contributed by atoms with van der Waals surface area (Å²) >= 11 is 1.71. The van der Waals surface area contributed by atoms with Crippen molar-refractivity contribution in [2.45, 2.75) is 70.9 Å². The molecule has 3 rings (SSSR count). The Hall–Kier alpha value is -0.400. The third-order valence-corrected chi connectivity index (χ3v) is 6.55. The van der Waals surface area contributed by atoms with Gasteiger partial charge in [0.1, 0.15) is 0 Å². The van der Waals surface area contributed by atoms with E-state index in [1.165, 1.54) is 44.2 Å². The fourth-order valence-electron chi connectivity index (χ4n) is 4.15. The van der Waals surface area contributed by atoms with Crippen molar-refractivity contribution in [3.05, 3.63) is 16.1 Å². The second-order valence-electron chi connectivity index (χ2n) is 7.84. The van der Waals surface area contributed by atoms with Gasteiger partial charge in [-0.25, -0.2) is 4.98 Å². The summed E-state index contributed by atoms with van der Waals surface area (Å²) in [4.78, 5) is 19.4. The molecule has 1 aliphatic carbocycles. The number of hydrogen-bond acceptors (Lipinski definition) is 5. The predicted molar refractivity (Wildman–Crippen MR) is 122 cm³/mol. The molecule has 1 aliphatic heterocycles. The van der Waals surface area contributed by atoms with Gasteiger partial charge in [-0.1, -0.05) is 25.7 Å². The first-order valence-electron chi connectivity index (χ1n) is 10.3. The molecule has 1 aromatic heterocycles. The lowest BCUT2D eigenvalue weighted by Crippen LogP contribution is -2.42. The fourth-order valence-corrected chi connectivity index (χ4v) is 4.76. The molecule has 162 valence electrons. The molecular weight excluding hydrogens is 415 g/mol. The van der Waals surface area contributed by atoms with Crippen molar-refractivity contribution in [1.82, 2.24) is 20.5 Å². The molecule has 28 heavy (non-hydrogen) atoms. The maximum atomic E-state index is 12.4. The molecule has 8 heteroatoms. The van der Waals surface area contributed by atoms with E-state index in [9.17, 15) is 4.79 Å². The van der Waals surface area contributed by atoms with Gasteiger partial charge in [0.15, 0.2) is 0 Å². The Bertz CT molecular complexity index is 556. The minimum atomic E-state index is 0. The minimum Gasteiger partial charge on any atom is -0.355 e. The lowest BCUT2D eigenvalue weighted by atomic mass is 9.96. The van der Waals surface area contributed by atoms with Crippen LogP contribution in [-0.4, -0.2) is 48.0 Å². The molecule has 0 aromatic carbocycles. The molecule has 1 amide bonds. The van der Waals surface area contributed by atoms with Crippen LogP contribution in [0.2, 0.25) is 0 Å². The van der Waals surface area contributed by atoms with Gasteiger partial charge in [-0.3, -0.25) is 9.69 Å². The standard InChI is InChI=1S/C20H34N4OS.2ClH/c1-16-23-19(15-26-16)14-24-12-8-17(9-13-24)20(25)22-11-10-21-18-6-4-2-3-5-7-18;;/h15,17-18,21H,2-14H2,1H3,(H,22,25);2*1H. The van der Waals surface area contributed by atoms with Gasteiger partial charge in [0.25, 0.3) is 0 Å². The highest BCUT2D eigenvalue weighted by molar-refractivity contribution is 7.09. The summed E-state index contributed by atoms with van der Waals surface area (Å²) in [5, 5.41) is 10.1. The van der Waals surface area contributed by atoms with Gasteiger partial charge in [-0.2, -0.15) is 0 Å². The predicted octanol–water partition coefficient (Wildman–Crippen LogP) is 3.94. The highest BCUT2D eigenvalue weighted by atomic mass is 35.5. The van der Waals surface area contributed by atoms with Crippen LogP contribution in [0.15, 0.2) is 5.38 Å². The van der Waals surface area contributed by atoms with E-state index < -0.39 is 0 Å². The number of rotatable bonds is 7. The highest BCUT2D eigenvalue weighted by Gasteiger charge is 2.25. The molecule has 2 N–H and O–H groups in total. The molecule has 1 saturated carbocycles. The van der Waals surface area contributed by atoms with Crippen LogP contribution in [0.1, 0.15) is 62.1 Å². The molecule has 0 bridgehead atoms. The van der Waals surface area contributed by atoms with E-state index in [-0.39, 0.29) is 36.6 Å². The van der Waals surface area contributed by atoms with Gasteiger partial charge in [-0.15, -0.1) is 36.2 Å². The molecule has 1 aromatic rings. The van der Waals surface area contributed by atoms with Gasteiger partial charge in [0, 0.05) is 37.0 Å². The van der Waals surface area contributed by atoms with Gasteiger partial charge >= 0.3 is 0 Å². The summed E-state index contributed by atoms with van der Waals surface area (Å²) in [7, 11) is 0. The van der Waals surface area contributed by atoms with Crippen LogP contribution in [0.25, 0.3) is 0 Å². The third-order valence-electron chi connectivity index (χ3n) is 5.72. The second-order valence-corrected chi connectivity index (χ2v) is 8.90. The molecule has 2 fully saturated rings. The summed E-state index contributed by atoms with van der Waals surface area (Å²) in [5.74, 6) is 0.429. The molecule has 2 aliphatic rings. The summed E-state index contributed by atoms with van der Waals surface area (Å²) in [6.07, 6.45) is 9.99. The number of carbonyl (C=O) groups excluding carboxylic acids is 1. The van der Waals surface area contributed by atoms with E-state index in [1.807, 2.05) is 0 Å². The Morgan fingerprint density at radius 2 is 1.79 bits per heavy atom. The number of likely N-dealkylation sites (tertiary alicyclic amines) is 1. The number of piperidine rings is 1. The van der Waals surface area contributed by atoms with E-state index in [0.29, 0.717) is 6.04 Å². The Morgan fingerprint density at radius 3 is 2.39 bits per heavy atom. The van der Waals surface area contributed by atoms with Crippen molar-refractivity contribution in [2.24, 2.45) is 5.92 Å². The van der Waals surface area contributed by atoms with Crippen LogP contribution in [0.3, 0.4) is 0 Å². The van der Waals surface area contributed by atoms with E-state index in [0.717, 1.165) is 50.6 Å². The maximum absolute atomic E-state index is 12.4. The molecule has 2 heterocycles. The minimum absolute atomic E-state index is 0. The van der Waals surface area contributed by atoms with Crippen LogP contribution >= 0.6 is 36.2 Å². The first kappa shape index (κ1) is 25.6. The first-order valence-corrected chi connectivity index (χ1v) is 11.2. The van der Waals surface area contributed by atoms with Crippen LogP contribution in [0.5, 0.6) is 0 Å². The van der Waals surface area contributed by atoms with Crippen molar-refractivity contribution in [1.29, 1.82) is 0 Å². The molecule has 0 spiro atoms. The zero-order valence-electron chi connectivity index (χ0n) is 17.0. The normalized spacial score (nSPS) is 19.3. The smallest absolute Gasteiger partial charge is 0.223 e. The Kier molecular flexibility index (Phi) is 12.6. The number of halogens is 2. The topological polar surface area (TPSA) is 57.3 Å². The average molecular weight is 452 g/mol. The lowest BCUT2D eigenvalue weighted by Gasteiger charge is -2.30. The largest absolute Gasteiger partial charge is 0.355 e. The fraction of sp³-hybridized carbons (Fsp3) is 0.800. The monoisotopic (exact) mass is 450 g/mol. The molecule has 0 atom stereocenters. The van der Waals surface area contributed by atoms with Crippen LogP contribution in [0.4, 0.5) is 0 Å². The van der Waals surface area contributed by atoms with Gasteiger partial charge in [0.05, 0.1) is 10.7 Å². The summed E-state index contributed by atoms with van der Waals surface area (Å²) < 4.78 is 0. The first-order chi connectivity index (χ1) is 12.7. The van der Waals surface area contributed by atoms with E-state index in [2.05, 4.69) is 32.8 Å². The Balaban J connectivity index is 0.00000196. The van der Waals surface area contributed by atoms with Gasteiger partial charge in [0.2, 0.25) is 5.91 Å². The zero-order chi connectivity index (χ0) is 18.2. The maximum Gasteiger partial charge on any atom is 0.223 e. The summed E-state index contributed by atoms with van der Waals surface area (Å²) in [5.41, 5.74) is 1.17. The van der Waals surface area contributed by atoms with E-state index >= 15 is 0 Å². The summed E-state index contributed by atoms with van der Waals surface area (Å²) in [6, 6.07) is 0.659. The summed E-state index contributed by atoms with van der Waals surface area (Å²) in [6.45, 7) is 6.62. The van der Waals surface area contributed by atoms with Crippen LogP contribution in [0, 0.1) is 12.8 Å². The number of aryl methyl sites for hydroxylation is 1. The van der Waals surface area contributed by atoms with Gasteiger partial charge in [-0.05, 0) is 45.7 Å². The number of nitrogens with one attached hydrogen (secondary N) is 2. The molecule has 5 nitrogen and oxygen atoms in total. The number of amides is 1. The number of aromatic nitrogens is 1. The van der Waals surface area contributed by atoms with Crippen molar-refractivity contribution >= 4 is 42.1 Å². The Labute approximate surface area is 186 Å². The second kappa shape index (κ2) is 13.8. The Morgan fingerprint density at radius 1 is 1.11 bits per heavy atom. The third kappa shape index (κ3) is 8.54. The van der Waals surface area contributed by atoms with E-state index in [4.69, 9.17) is 0 Å². The van der Waals surface area contributed by atoms with Crippen molar-refractivity contribution in [2.75, 3.05) is 26.2 Å². The number of nitrogens with zero attached hydrogens (tertiary/aromatic N) is 2. The number of thiazole rings is 1. The highest BCUT2D eigenvalue weighted by Crippen LogP contribution is 2.20. The number of hydrogen-bond donors (Lipinski definition) is 2. The lowest BCUT2D eigenvalue weighted by molar-refractivity contribution is -0.126. The van der Waals surface area contributed by atoms with Crippen molar-refractivity contribution in [3.63, 3.8) is 0 Å². The van der Waals surface area contributed by atoms with Crippen molar-refractivity contribution in [3.8, 4) is 0 Å². The molecule has 1 saturated heterocycles. The average Bonchev–Trinajstić information content (AvgIpc) is 2.89. The van der Waals surface area contributed by atoms with Crippen molar-refractivity contribution < 1.29 is 4.79 Å².